The normalized spacial score (nSPS) is 15.2. The molecule has 0 aromatic heterocycles. The molecule has 0 aliphatic carbocycles. The molecule has 0 aliphatic rings. The van der Waals surface area contributed by atoms with Crippen molar-refractivity contribution >= 4 is 11.6 Å². The highest BCUT2D eigenvalue weighted by Crippen LogP contribution is 2.23. The molecule has 5 N–H and O–H groups in total. The van der Waals surface area contributed by atoms with Crippen LogP contribution >= 0.6 is 0 Å². The average molecular weight is 263 g/mol. The van der Waals surface area contributed by atoms with Gasteiger partial charge in [-0.25, -0.2) is 0 Å². The monoisotopic (exact) mass is 263 g/mol. The maximum Gasteiger partial charge on any atom is 0.159 e. The molecule has 0 bridgehead atoms. The van der Waals surface area contributed by atoms with Crippen molar-refractivity contribution in [2.24, 2.45) is 11.7 Å². The van der Waals surface area contributed by atoms with Gasteiger partial charge < -0.3 is 25.8 Å². The third-order valence-corrected chi connectivity index (χ3v) is 2.92. The zero-order valence-electron chi connectivity index (χ0n) is 10.6. The molecule has 7 heteroatoms. The van der Waals surface area contributed by atoms with Crippen LogP contribution in [0.5, 0.6) is 0 Å². The Bertz CT molecular complexity index is 289. The Morgan fingerprint density at radius 2 is 1.78 bits per heavy atom. The van der Waals surface area contributed by atoms with Crippen LogP contribution in [0.25, 0.3) is 0 Å². The first-order valence-corrected chi connectivity index (χ1v) is 5.52. The quantitative estimate of drug-likeness (QED) is 0.373. The van der Waals surface area contributed by atoms with E-state index in [1.54, 1.807) is 0 Å². The number of Topliss-reactive ketones (excluding diaryl/α,β-unsaturated/α-hetero) is 2. The lowest BCUT2D eigenvalue weighted by atomic mass is 9.81. The van der Waals surface area contributed by atoms with E-state index < -0.39 is 43.2 Å². The summed E-state index contributed by atoms with van der Waals surface area (Å²) in [6.07, 6.45) is -1.26. The van der Waals surface area contributed by atoms with Crippen LogP contribution < -0.4 is 5.73 Å². The molecule has 0 fully saturated rings. The summed E-state index contributed by atoms with van der Waals surface area (Å²) < 4.78 is 5.07. The standard InChI is InChI=1S/C11H21NO6/c1-7(16)9(3-8(17)4-13)10(18-2)11(12,5-14)6-15/h9-10,13-15H,3-6,12H2,1-2H3. The fourth-order valence-corrected chi connectivity index (χ4v) is 1.80. The highest BCUT2D eigenvalue weighted by atomic mass is 16.5. The minimum atomic E-state index is -1.53. The van der Waals surface area contributed by atoms with Crippen molar-refractivity contribution in [3.8, 4) is 0 Å². The van der Waals surface area contributed by atoms with E-state index in [0.717, 1.165) is 0 Å². The lowest BCUT2D eigenvalue weighted by molar-refractivity contribution is -0.136. The first kappa shape index (κ1) is 17.1. The van der Waals surface area contributed by atoms with Crippen LogP contribution in [-0.2, 0) is 14.3 Å². The molecular formula is C11H21NO6. The Labute approximate surface area is 106 Å². The minimum Gasteiger partial charge on any atom is -0.394 e. The van der Waals surface area contributed by atoms with Gasteiger partial charge >= 0.3 is 0 Å². The molecule has 0 saturated carbocycles. The Hall–Kier alpha value is -0.860. The van der Waals surface area contributed by atoms with Crippen LogP contribution in [0.3, 0.4) is 0 Å². The number of methoxy groups -OCH3 is 1. The van der Waals surface area contributed by atoms with Gasteiger partial charge in [-0.2, -0.15) is 0 Å². The molecule has 7 nitrogen and oxygen atoms in total. The number of carbonyl (C=O) groups excluding carboxylic acids is 2. The number of ketones is 2. The molecule has 0 aromatic carbocycles. The number of ether oxygens (including phenoxy) is 1. The number of aliphatic hydroxyl groups excluding tert-OH is 3. The number of hydrogen-bond acceptors (Lipinski definition) is 7. The van der Waals surface area contributed by atoms with Crippen molar-refractivity contribution in [3.63, 3.8) is 0 Å². The van der Waals surface area contributed by atoms with E-state index in [2.05, 4.69) is 0 Å². The predicted octanol–water partition coefficient (Wildman–Crippen LogP) is -2.16. The number of hydrogen-bond donors (Lipinski definition) is 4. The summed E-state index contributed by atoms with van der Waals surface area (Å²) in [6.45, 7) is -0.620. The predicted molar refractivity (Wildman–Crippen MR) is 62.8 cm³/mol. The van der Waals surface area contributed by atoms with Gasteiger partial charge in [0.15, 0.2) is 5.78 Å². The summed E-state index contributed by atoms with van der Waals surface area (Å²) in [5, 5.41) is 27.1. The third kappa shape index (κ3) is 4.11. The zero-order valence-corrected chi connectivity index (χ0v) is 10.6. The fourth-order valence-electron chi connectivity index (χ4n) is 1.80. The number of aliphatic hydroxyl groups is 3. The maximum atomic E-state index is 11.5. The molecule has 18 heavy (non-hydrogen) atoms. The van der Waals surface area contributed by atoms with Gasteiger partial charge in [-0.1, -0.05) is 0 Å². The lowest BCUT2D eigenvalue weighted by Gasteiger charge is -2.37. The van der Waals surface area contributed by atoms with Gasteiger partial charge in [0.05, 0.1) is 30.8 Å². The van der Waals surface area contributed by atoms with Crippen molar-refractivity contribution < 1.29 is 29.6 Å². The molecule has 0 spiro atoms. The van der Waals surface area contributed by atoms with E-state index in [-0.39, 0.29) is 12.2 Å². The summed E-state index contributed by atoms with van der Waals surface area (Å²) in [6, 6.07) is 0. The fraction of sp³-hybridized carbons (Fsp3) is 0.818. The Morgan fingerprint density at radius 3 is 2.06 bits per heavy atom. The third-order valence-electron chi connectivity index (χ3n) is 2.92. The molecule has 0 radical (unpaired) electrons. The van der Waals surface area contributed by atoms with E-state index in [9.17, 15) is 19.8 Å². The van der Waals surface area contributed by atoms with Crippen molar-refractivity contribution in [2.75, 3.05) is 26.9 Å². The number of carbonyl (C=O) groups is 2. The van der Waals surface area contributed by atoms with Crippen molar-refractivity contribution in [3.05, 3.63) is 0 Å². The summed E-state index contributed by atoms with van der Waals surface area (Å²) in [5.41, 5.74) is 4.23. The second-order valence-electron chi connectivity index (χ2n) is 4.32. The molecule has 106 valence electrons. The molecule has 0 rings (SSSR count). The summed E-state index contributed by atoms with van der Waals surface area (Å²) in [5.74, 6) is -1.81. The highest BCUT2D eigenvalue weighted by Gasteiger charge is 2.42. The van der Waals surface area contributed by atoms with Crippen molar-refractivity contribution in [1.29, 1.82) is 0 Å². The lowest BCUT2D eigenvalue weighted by Crippen LogP contribution is -2.61. The summed E-state index contributed by atoms with van der Waals surface area (Å²) in [7, 11) is 1.27. The molecule has 0 aromatic rings. The number of rotatable bonds is 9. The first-order valence-electron chi connectivity index (χ1n) is 5.52. The average Bonchev–Trinajstić information content (AvgIpc) is 2.37. The van der Waals surface area contributed by atoms with Gasteiger partial charge in [0, 0.05) is 13.5 Å². The molecule has 0 amide bonds. The van der Waals surface area contributed by atoms with E-state index in [1.807, 2.05) is 0 Å². The topological polar surface area (TPSA) is 130 Å². The summed E-state index contributed by atoms with van der Waals surface area (Å²) >= 11 is 0. The van der Waals surface area contributed by atoms with Crippen LogP contribution in [0.4, 0.5) is 0 Å². The Balaban J connectivity index is 5.16. The second kappa shape index (κ2) is 7.55. The van der Waals surface area contributed by atoms with Gasteiger partial charge in [0.25, 0.3) is 0 Å². The smallest absolute Gasteiger partial charge is 0.159 e. The molecule has 2 unspecified atom stereocenters. The van der Waals surface area contributed by atoms with Crippen LogP contribution in [0.1, 0.15) is 13.3 Å². The molecular weight excluding hydrogens is 242 g/mol. The SMILES string of the molecule is COC(C(CC(=O)CO)C(C)=O)C(N)(CO)CO. The van der Waals surface area contributed by atoms with E-state index in [4.69, 9.17) is 15.6 Å². The largest absolute Gasteiger partial charge is 0.394 e. The molecule has 0 aliphatic heterocycles. The van der Waals surface area contributed by atoms with Gasteiger partial charge in [-0.3, -0.25) is 9.59 Å². The van der Waals surface area contributed by atoms with Crippen LogP contribution in [0, 0.1) is 5.92 Å². The van der Waals surface area contributed by atoms with E-state index in [1.165, 1.54) is 14.0 Å². The first-order chi connectivity index (χ1) is 8.36. The van der Waals surface area contributed by atoms with Crippen molar-refractivity contribution in [2.45, 2.75) is 25.0 Å². The molecule has 0 heterocycles. The number of nitrogens with two attached hydrogens (primary N) is 1. The highest BCUT2D eigenvalue weighted by molar-refractivity contribution is 5.87. The van der Waals surface area contributed by atoms with Gasteiger partial charge in [0.1, 0.15) is 12.4 Å². The van der Waals surface area contributed by atoms with E-state index in [0.29, 0.717) is 0 Å². The Morgan fingerprint density at radius 1 is 1.28 bits per heavy atom. The Kier molecular flexibility index (Phi) is 7.19. The molecule has 2 atom stereocenters. The van der Waals surface area contributed by atoms with Gasteiger partial charge in [-0.15, -0.1) is 0 Å². The second-order valence-corrected chi connectivity index (χ2v) is 4.32. The maximum absolute atomic E-state index is 11.5. The zero-order chi connectivity index (χ0) is 14.3. The summed E-state index contributed by atoms with van der Waals surface area (Å²) in [4.78, 5) is 22.8. The minimum absolute atomic E-state index is 0.247. The van der Waals surface area contributed by atoms with E-state index >= 15 is 0 Å². The van der Waals surface area contributed by atoms with Crippen LogP contribution in [0.2, 0.25) is 0 Å². The van der Waals surface area contributed by atoms with Gasteiger partial charge in [-0.05, 0) is 6.92 Å². The van der Waals surface area contributed by atoms with Crippen LogP contribution in [0.15, 0.2) is 0 Å². The molecule has 0 saturated heterocycles. The van der Waals surface area contributed by atoms with Crippen molar-refractivity contribution in [1.82, 2.24) is 0 Å². The van der Waals surface area contributed by atoms with Gasteiger partial charge in [0.2, 0.25) is 0 Å². The van der Waals surface area contributed by atoms with Crippen LogP contribution in [-0.4, -0.2) is 65.5 Å².